The molecule has 0 saturated heterocycles. The Hall–Kier alpha value is -4.07. The summed E-state index contributed by atoms with van der Waals surface area (Å²) in [5.74, 6) is 0.0765. The van der Waals surface area contributed by atoms with E-state index in [0.717, 1.165) is 21.9 Å². The number of para-hydroxylation sites is 1. The van der Waals surface area contributed by atoms with Gasteiger partial charge in [0.25, 0.3) is 5.91 Å². The van der Waals surface area contributed by atoms with Crippen molar-refractivity contribution < 1.29 is 9.53 Å². The van der Waals surface area contributed by atoms with Crippen LogP contribution in [0.5, 0.6) is 5.75 Å². The SMILES string of the molecule is Cc1ccc2ccccc2c1COc1ccccc1/C=C(\C#N)C(=O)Nc1cccc(Cl)c1. The molecule has 1 N–H and O–H groups in total. The van der Waals surface area contributed by atoms with Crippen molar-refractivity contribution in [2.24, 2.45) is 0 Å². The van der Waals surface area contributed by atoms with E-state index >= 15 is 0 Å². The van der Waals surface area contributed by atoms with Crippen molar-refractivity contribution in [2.75, 3.05) is 5.32 Å². The minimum Gasteiger partial charge on any atom is -0.488 e. The topological polar surface area (TPSA) is 62.1 Å². The summed E-state index contributed by atoms with van der Waals surface area (Å²) in [6, 6.07) is 28.5. The minimum absolute atomic E-state index is 0.0348. The van der Waals surface area contributed by atoms with Gasteiger partial charge in [0.15, 0.2) is 0 Å². The summed E-state index contributed by atoms with van der Waals surface area (Å²) >= 11 is 5.98. The second-order valence-electron chi connectivity index (χ2n) is 7.54. The molecular formula is C28H21ClN2O2. The molecule has 4 aromatic carbocycles. The van der Waals surface area contributed by atoms with Crippen LogP contribution < -0.4 is 10.1 Å². The Balaban J connectivity index is 1.58. The fourth-order valence-corrected chi connectivity index (χ4v) is 3.78. The molecule has 0 saturated carbocycles. The zero-order chi connectivity index (χ0) is 23.2. The van der Waals surface area contributed by atoms with Gasteiger partial charge in [-0.15, -0.1) is 0 Å². The molecular weight excluding hydrogens is 432 g/mol. The lowest BCUT2D eigenvalue weighted by molar-refractivity contribution is -0.112. The molecule has 4 rings (SSSR count). The number of anilines is 1. The third-order valence-electron chi connectivity index (χ3n) is 5.31. The van der Waals surface area contributed by atoms with E-state index in [1.54, 1.807) is 24.3 Å². The van der Waals surface area contributed by atoms with Gasteiger partial charge in [0.2, 0.25) is 0 Å². The van der Waals surface area contributed by atoms with E-state index in [1.165, 1.54) is 6.08 Å². The highest BCUT2D eigenvalue weighted by Crippen LogP contribution is 2.27. The number of carbonyl (C=O) groups is 1. The van der Waals surface area contributed by atoms with Crippen molar-refractivity contribution in [1.29, 1.82) is 5.26 Å². The van der Waals surface area contributed by atoms with Crippen LogP contribution in [0, 0.1) is 18.3 Å². The van der Waals surface area contributed by atoms with Gasteiger partial charge < -0.3 is 10.1 Å². The molecule has 0 aliphatic heterocycles. The molecule has 0 aliphatic rings. The molecule has 1 amide bonds. The molecule has 0 aromatic heterocycles. The maximum Gasteiger partial charge on any atom is 0.266 e. The third-order valence-corrected chi connectivity index (χ3v) is 5.55. The minimum atomic E-state index is -0.514. The average Bonchev–Trinajstić information content (AvgIpc) is 2.82. The number of rotatable bonds is 6. The van der Waals surface area contributed by atoms with Gasteiger partial charge in [0.05, 0.1) is 0 Å². The monoisotopic (exact) mass is 452 g/mol. The Morgan fingerprint density at radius 2 is 1.82 bits per heavy atom. The summed E-state index contributed by atoms with van der Waals surface area (Å²) in [5, 5.41) is 15.1. The smallest absolute Gasteiger partial charge is 0.266 e. The van der Waals surface area contributed by atoms with Gasteiger partial charge in [-0.05, 0) is 53.6 Å². The summed E-state index contributed by atoms with van der Waals surface area (Å²) < 4.78 is 6.17. The number of nitrogens with zero attached hydrogens (tertiary/aromatic N) is 1. The van der Waals surface area contributed by atoms with Crippen molar-refractivity contribution in [1.82, 2.24) is 0 Å². The molecule has 0 aliphatic carbocycles. The lowest BCUT2D eigenvalue weighted by atomic mass is 10.0. The number of hydrogen-bond donors (Lipinski definition) is 1. The van der Waals surface area contributed by atoms with Crippen LogP contribution in [0.2, 0.25) is 5.02 Å². The van der Waals surface area contributed by atoms with Crippen molar-refractivity contribution in [3.63, 3.8) is 0 Å². The summed E-state index contributed by atoms with van der Waals surface area (Å²) in [6.07, 6.45) is 1.53. The number of carbonyl (C=O) groups excluding carboxylic acids is 1. The first-order chi connectivity index (χ1) is 16.0. The Bertz CT molecular complexity index is 1400. The Labute approximate surface area is 197 Å². The molecule has 0 atom stereocenters. The van der Waals surface area contributed by atoms with Gasteiger partial charge in [-0.25, -0.2) is 0 Å². The van der Waals surface area contributed by atoms with E-state index in [2.05, 4.69) is 36.5 Å². The van der Waals surface area contributed by atoms with Crippen LogP contribution in [0.1, 0.15) is 16.7 Å². The fraction of sp³-hybridized carbons (Fsp3) is 0.0714. The van der Waals surface area contributed by atoms with Crippen LogP contribution >= 0.6 is 11.6 Å². The van der Waals surface area contributed by atoms with E-state index in [-0.39, 0.29) is 5.57 Å². The summed E-state index contributed by atoms with van der Waals surface area (Å²) in [7, 11) is 0. The zero-order valence-corrected chi connectivity index (χ0v) is 18.8. The van der Waals surface area contributed by atoms with Gasteiger partial charge in [-0.2, -0.15) is 5.26 Å². The highest BCUT2D eigenvalue weighted by Gasteiger charge is 2.12. The highest BCUT2D eigenvalue weighted by molar-refractivity contribution is 6.31. The molecule has 0 unspecified atom stereocenters. The van der Waals surface area contributed by atoms with Gasteiger partial charge in [0.1, 0.15) is 24.0 Å². The molecule has 162 valence electrons. The molecule has 33 heavy (non-hydrogen) atoms. The zero-order valence-electron chi connectivity index (χ0n) is 18.0. The number of nitrogens with one attached hydrogen (secondary N) is 1. The van der Waals surface area contributed by atoms with Gasteiger partial charge >= 0.3 is 0 Å². The van der Waals surface area contributed by atoms with Crippen molar-refractivity contribution in [3.8, 4) is 11.8 Å². The quantitative estimate of drug-likeness (QED) is 0.255. The van der Waals surface area contributed by atoms with Crippen molar-refractivity contribution in [3.05, 3.63) is 112 Å². The summed E-state index contributed by atoms with van der Waals surface area (Å²) in [6.45, 7) is 2.43. The lowest BCUT2D eigenvalue weighted by Crippen LogP contribution is -2.13. The number of ether oxygens (including phenoxy) is 1. The molecule has 0 heterocycles. The second-order valence-corrected chi connectivity index (χ2v) is 7.98. The predicted molar refractivity (Wildman–Crippen MR) is 133 cm³/mol. The van der Waals surface area contributed by atoms with Crippen LogP contribution in [-0.4, -0.2) is 5.91 Å². The van der Waals surface area contributed by atoms with Crippen LogP contribution in [0.4, 0.5) is 5.69 Å². The van der Waals surface area contributed by atoms with Crippen molar-refractivity contribution >= 4 is 40.0 Å². The average molecular weight is 453 g/mol. The summed E-state index contributed by atoms with van der Waals surface area (Å²) in [4.78, 5) is 12.7. The lowest BCUT2D eigenvalue weighted by Gasteiger charge is -2.14. The van der Waals surface area contributed by atoms with Crippen LogP contribution in [0.25, 0.3) is 16.8 Å². The van der Waals surface area contributed by atoms with E-state index < -0.39 is 5.91 Å². The molecule has 5 heteroatoms. The van der Waals surface area contributed by atoms with Crippen LogP contribution in [0.3, 0.4) is 0 Å². The molecule has 0 fully saturated rings. The number of nitriles is 1. The van der Waals surface area contributed by atoms with E-state index in [1.807, 2.05) is 42.5 Å². The summed E-state index contributed by atoms with van der Waals surface area (Å²) in [5.41, 5.74) is 3.37. The number of halogens is 1. The van der Waals surface area contributed by atoms with Crippen LogP contribution in [0.15, 0.2) is 90.5 Å². The number of fused-ring (bicyclic) bond motifs is 1. The Kier molecular flexibility index (Phi) is 6.73. The Morgan fingerprint density at radius 1 is 1.03 bits per heavy atom. The predicted octanol–water partition coefficient (Wildman–Crippen LogP) is 6.93. The van der Waals surface area contributed by atoms with E-state index in [9.17, 15) is 10.1 Å². The van der Waals surface area contributed by atoms with E-state index in [4.69, 9.17) is 16.3 Å². The molecule has 4 aromatic rings. The van der Waals surface area contributed by atoms with Gasteiger partial charge in [-0.1, -0.05) is 72.3 Å². The Morgan fingerprint density at radius 3 is 2.64 bits per heavy atom. The van der Waals surface area contributed by atoms with Crippen LogP contribution in [-0.2, 0) is 11.4 Å². The largest absolute Gasteiger partial charge is 0.488 e. The first kappa shape index (κ1) is 22.1. The number of benzene rings is 4. The highest BCUT2D eigenvalue weighted by atomic mass is 35.5. The van der Waals surface area contributed by atoms with Gasteiger partial charge in [-0.3, -0.25) is 4.79 Å². The molecule has 0 spiro atoms. The second kappa shape index (κ2) is 10.0. The maximum absolute atomic E-state index is 12.7. The maximum atomic E-state index is 12.7. The van der Waals surface area contributed by atoms with Crippen molar-refractivity contribution in [2.45, 2.75) is 13.5 Å². The molecule has 0 radical (unpaired) electrons. The fourth-order valence-electron chi connectivity index (χ4n) is 3.59. The number of hydrogen-bond acceptors (Lipinski definition) is 3. The van der Waals surface area contributed by atoms with E-state index in [0.29, 0.717) is 28.6 Å². The first-order valence-corrected chi connectivity index (χ1v) is 10.8. The molecule has 0 bridgehead atoms. The normalized spacial score (nSPS) is 11.1. The number of aryl methyl sites for hydroxylation is 1. The van der Waals surface area contributed by atoms with Gasteiger partial charge in [0, 0.05) is 21.8 Å². The third kappa shape index (κ3) is 5.23. The number of amides is 1. The molecule has 4 nitrogen and oxygen atoms in total. The standard InChI is InChI=1S/C28H21ClN2O2/c1-19-13-14-20-7-2-4-11-25(20)26(19)18-33-27-12-5-3-8-21(27)15-22(17-30)28(32)31-24-10-6-9-23(29)16-24/h2-16H,18H2,1H3,(H,31,32)/b22-15+. The first-order valence-electron chi connectivity index (χ1n) is 10.4.